The van der Waals surface area contributed by atoms with E-state index < -0.39 is 5.97 Å². The third kappa shape index (κ3) is 3.86. The zero-order valence-corrected chi connectivity index (χ0v) is 11.0. The first-order chi connectivity index (χ1) is 7.83. The first-order valence-corrected chi connectivity index (χ1v) is 5.78. The molecular weight excluding hydrogens is 214 g/mol. The lowest BCUT2D eigenvalue weighted by molar-refractivity contribution is -0.138. The number of benzene rings is 1. The molecule has 0 unspecified atom stereocenters. The van der Waals surface area contributed by atoms with Gasteiger partial charge in [-0.15, -0.1) is 0 Å². The quantitative estimate of drug-likeness (QED) is 0.852. The van der Waals surface area contributed by atoms with Crippen molar-refractivity contribution in [1.29, 1.82) is 0 Å². The van der Waals surface area contributed by atoms with E-state index in [0.717, 1.165) is 12.1 Å². The van der Waals surface area contributed by atoms with Crippen molar-refractivity contribution in [3.8, 4) is 0 Å². The van der Waals surface area contributed by atoms with Crippen molar-refractivity contribution >= 4 is 5.97 Å². The Morgan fingerprint density at radius 3 is 2.41 bits per heavy atom. The Morgan fingerprint density at radius 2 is 1.88 bits per heavy atom. The minimum Gasteiger partial charge on any atom is -0.481 e. The fraction of sp³-hybridized carbons (Fsp3) is 0.500. The van der Waals surface area contributed by atoms with E-state index in [9.17, 15) is 4.79 Å². The predicted molar refractivity (Wildman–Crippen MR) is 69.1 cm³/mol. The van der Waals surface area contributed by atoms with E-state index in [1.54, 1.807) is 0 Å². The summed E-state index contributed by atoms with van der Waals surface area (Å²) in [5.74, 6) is -0.755. The van der Waals surface area contributed by atoms with E-state index in [1.807, 2.05) is 46.1 Å². The zero-order chi connectivity index (χ0) is 13.1. The van der Waals surface area contributed by atoms with Gasteiger partial charge < -0.3 is 10.0 Å². The first-order valence-electron chi connectivity index (χ1n) is 5.78. The topological polar surface area (TPSA) is 40.5 Å². The van der Waals surface area contributed by atoms with Crippen LogP contribution in [0.25, 0.3) is 0 Å². The van der Waals surface area contributed by atoms with Crippen molar-refractivity contribution in [2.24, 2.45) is 0 Å². The maximum absolute atomic E-state index is 10.9. The van der Waals surface area contributed by atoms with Crippen LogP contribution in [0.5, 0.6) is 0 Å². The lowest BCUT2D eigenvalue weighted by Gasteiger charge is -2.27. The minimum absolute atomic E-state index is 0.150. The van der Waals surface area contributed by atoms with E-state index in [-0.39, 0.29) is 11.8 Å². The van der Waals surface area contributed by atoms with Gasteiger partial charge in [-0.05, 0) is 25.2 Å². The molecule has 1 N–H and O–H groups in total. The van der Waals surface area contributed by atoms with Gasteiger partial charge >= 0.3 is 5.97 Å². The lowest BCUT2D eigenvalue weighted by atomic mass is 9.79. The van der Waals surface area contributed by atoms with E-state index >= 15 is 0 Å². The summed E-state index contributed by atoms with van der Waals surface area (Å²) < 4.78 is 0. The molecule has 0 fully saturated rings. The summed E-state index contributed by atoms with van der Waals surface area (Å²) in [4.78, 5) is 13.0. The van der Waals surface area contributed by atoms with Crippen molar-refractivity contribution in [3.05, 3.63) is 35.4 Å². The van der Waals surface area contributed by atoms with Crippen LogP contribution in [0.3, 0.4) is 0 Å². The normalized spacial score (nSPS) is 11.8. The Kier molecular flexibility index (Phi) is 4.29. The van der Waals surface area contributed by atoms with Crippen LogP contribution < -0.4 is 0 Å². The molecule has 3 heteroatoms. The van der Waals surface area contributed by atoms with Crippen LogP contribution in [-0.2, 0) is 16.8 Å². The average molecular weight is 235 g/mol. The number of rotatable bonds is 5. The Morgan fingerprint density at radius 1 is 1.29 bits per heavy atom. The molecule has 0 heterocycles. The summed E-state index contributed by atoms with van der Waals surface area (Å²) >= 11 is 0. The first kappa shape index (κ1) is 13.7. The number of hydrogen-bond acceptors (Lipinski definition) is 2. The number of aliphatic carboxylic acids is 1. The SMILES string of the molecule is CN(C)Cc1ccccc1C(C)(C)CC(=O)O. The smallest absolute Gasteiger partial charge is 0.304 e. The number of carboxylic acid groups (broad SMARTS) is 1. The molecule has 1 aromatic carbocycles. The van der Waals surface area contributed by atoms with Crippen molar-refractivity contribution < 1.29 is 9.90 Å². The molecule has 94 valence electrons. The second kappa shape index (κ2) is 5.32. The fourth-order valence-electron chi connectivity index (χ4n) is 2.13. The van der Waals surface area contributed by atoms with Crippen LogP contribution in [0.2, 0.25) is 0 Å². The van der Waals surface area contributed by atoms with E-state index in [0.29, 0.717) is 0 Å². The van der Waals surface area contributed by atoms with Gasteiger partial charge in [-0.3, -0.25) is 4.79 Å². The molecule has 0 aromatic heterocycles. The van der Waals surface area contributed by atoms with Crippen LogP contribution in [0.1, 0.15) is 31.4 Å². The monoisotopic (exact) mass is 235 g/mol. The summed E-state index contributed by atoms with van der Waals surface area (Å²) in [5.41, 5.74) is 1.98. The van der Waals surface area contributed by atoms with Crippen LogP contribution in [0.4, 0.5) is 0 Å². The van der Waals surface area contributed by atoms with Crippen LogP contribution >= 0.6 is 0 Å². The third-order valence-corrected chi connectivity index (χ3v) is 2.83. The van der Waals surface area contributed by atoms with E-state index in [4.69, 9.17) is 5.11 Å². The lowest BCUT2D eigenvalue weighted by Crippen LogP contribution is -2.24. The van der Waals surface area contributed by atoms with Crippen molar-refractivity contribution in [2.75, 3.05) is 14.1 Å². The molecule has 1 rings (SSSR count). The second-order valence-corrected chi connectivity index (χ2v) is 5.35. The Balaban J connectivity index is 3.07. The van der Waals surface area contributed by atoms with Crippen molar-refractivity contribution in [2.45, 2.75) is 32.2 Å². The van der Waals surface area contributed by atoms with Gasteiger partial charge in [0.1, 0.15) is 0 Å². The number of carbonyl (C=O) groups is 1. The number of nitrogens with zero attached hydrogens (tertiary/aromatic N) is 1. The Bertz CT molecular complexity index is 397. The average Bonchev–Trinajstić information content (AvgIpc) is 2.15. The van der Waals surface area contributed by atoms with Gasteiger partial charge in [-0.25, -0.2) is 0 Å². The van der Waals surface area contributed by atoms with Crippen LogP contribution in [-0.4, -0.2) is 30.1 Å². The zero-order valence-electron chi connectivity index (χ0n) is 11.0. The third-order valence-electron chi connectivity index (χ3n) is 2.83. The molecule has 1 aromatic rings. The maximum atomic E-state index is 10.9. The molecular formula is C14H21NO2. The summed E-state index contributed by atoms with van der Waals surface area (Å²) in [6.07, 6.45) is 0.150. The summed E-state index contributed by atoms with van der Waals surface area (Å²) in [5, 5.41) is 8.97. The molecule has 17 heavy (non-hydrogen) atoms. The number of hydrogen-bond donors (Lipinski definition) is 1. The highest BCUT2D eigenvalue weighted by molar-refractivity contribution is 5.69. The van der Waals surface area contributed by atoms with Gasteiger partial charge in [-0.1, -0.05) is 38.1 Å². The molecule has 0 aliphatic carbocycles. The highest BCUT2D eigenvalue weighted by atomic mass is 16.4. The van der Waals surface area contributed by atoms with E-state index in [1.165, 1.54) is 5.56 Å². The minimum atomic E-state index is -0.755. The van der Waals surface area contributed by atoms with Gasteiger partial charge in [0, 0.05) is 12.0 Å². The molecule has 0 atom stereocenters. The molecule has 0 aliphatic rings. The number of carboxylic acids is 1. The summed E-state index contributed by atoms with van der Waals surface area (Å²) in [6, 6.07) is 8.07. The van der Waals surface area contributed by atoms with Gasteiger partial charge in [0.05, 0.1) is 6.42 Å². The van der Waals surface area contributed by atoms with Crippen LogP contribution in [0.15, 0.2) is 24.3 Å². The molecule has 0 bridgehead atoms. The maximum Gasteiger partial charge on any atom is 0.304 e. The largest absolute Gasteiger partial charge is 0.481 e. The van der Waals surface area contributed by atoms with Crippen LogP contribution in [0, 0.1) is 0 Å². The molecule has 0 saturated heterocycles. The van der Waals surface area contributed by atoms with Gasteiger partial charge in [-0.2, -0.15) is 0 Å². The standard InChI is InChI=1S/C14H21NO2/c1-14(2,9-13(16)17)12-8-6-5-7-11(12)10-15(3)4/h5-8H,9-10H2,1-4H3,(H,16,17). The van der Waals surface area contributed by atoms with Gasteiger partial charge in [0.25, 0.3) is 0 Å². The molecule has 0 spiro atoms. The molecule has 0 radical (unpaired) electrons. The summed E-state index contributed by atoms with van der Waals surface area (Å²) in [6.45, 7) is 4.80. The summed E-state index contributed by atoms with van der Waals surface area (Å²) in [7, 11) is 4.03. The highest BCUT2D eigenvalue weighted by Crippen LogP contribution is 2.30. The fourth-order valence-corrected chi connectivity index (χ4v) is 2.13. The predicted octanol–water partition coefficient (Wildman–Crippen LogP) is 2.50. The highest BCUT2D eigenvalue weighted by Gasteiger charge is 2.26. The van der Waals surface area contributed by atoms with Gasteiger partial charge in [0.2, 0.25) is 0 Å². The van der Waals surface area contributed by atoms with E-state index in [2.05, 4.69) is 11.0 Å². The molecule has 3 nitrogen and oxygen atoms in total. The Labute approximate surface area is 103 Å². The molecule has 0 amide bonds. The second-order valence-electron chi connectivity index (χ2n) is 5.35. The van der Waals surface area contributed by atoms with Crippen molar-refractivity contribution in [1.82, 2.24) is 4.90 Å². The van der Waals surface area contributed by atoms with Gasteiger partial charge in [0.15, 0.2) is 0 Å². The molecule has 0 saturated carbocycles. The Hall–Kier alpha value is -1.35. The molecule has 0 aliphatic heterocycles. The van der Waals surface area contributed by atoms with Crippen molar-refractivity contribution in [3.63, 3.8) is 0 Å².